The van der Waals surface area contributed by atoms with Crippen LogP contribution in [-0.2, 0) is 0 Å². The summed E-state index contributed by atoms with van der Waals surface area (Å²) >= 11 is 0. The molecule has 0 aliphatic rings. The van der Waals surface area contributed by atoms with Gasteiger partial charge in [-0.25, -0.2) is 4.98 Å². The summed E-state index contributed by atoms with van der Waals surface area (Å²) in [4.78, 5) is 34.2. The van der Waals surface area contributed by atoms with E-state index in [0.29, 0.717) is 22.3 Å². The Morgan fingerprint density at radius 3 is 2.56 bits per heavy atom. The van der Waals surface area contributed by atoms with Gasteiger partial charge in [0.25, 0.3) is 11.5 Å². The van der Waals surface area contributed by atoms with Gasteiger partial charge in [0.2, 0.25) is 0 Å². The Balaban J connectivity index is 1.92. The fourth-order valence-electron chi connectivity index (χ4n) is 2.88. The Kier molecular flexibility index (Phi) is 4.22. The van der Waals surface area contributed by atoms with E-state index in [9.17, 15) is 9.59 Å². The molecule has 0 saturated heterocycles. The number of nitrogens with one attached hydrogen (secondary N) is 1. The summed E-state index contributed by atoms with van der Waals surface area (Å²) in [6.45, 7) is 1.96. The molecule has 0 radical (unpaired) electrons. The lowest BCUT2D eigenvalue weighted by Crippen LogP contribution is -2.35. The number of carbonyl (C=O) groups excluding carboxylic acids is 1. The van der Waals surface area contributed by atoms with Gasteiger partial charge in [-0.2, -0.15) is 4.68 Å². The molecule has 0 aliphatic heterocycles. The number of para-hydroxylation sites is 1. The maximum Gasteiger partial charge on any atom is 0.280 e. The predicted octanol–water partition coefficient (Wildman–Crippen LogP) is 3.15. The Hall–Kier alpha value is -3.80. The van der Waals surface area contributed by atoms with Gasteiger partial charge < -0.3 is 0 Å². The first-order chi connectivity index (χ1) is 13.1. The van der Waals surface area contributed by atoms with Crippen molar-refractivity contribution < 1.29 is 4.79 Å². The molecule has 1 amide bonds. The number of hydrogen-bond acceptors (Lipinski definition) is 4. The lowest BCUT2D eigenvalue weighted by molar-refractivity contribution is 0.101. The molecule has 6 heteroatoms. The van der Waals surface area contributed by atoms with Crippen LogP contribution in [0.4, 0.5) is 0 Å². The molecule has 2 aromatic carbocycles. The second kappa shape index (κ2) is 6.84. The molecular formula is C21H16N4O2. The van der Waals surface area contributed by atoms with Crippen molar-refractivity contribution in [3.05, 3.63) is 94.5 Å². The molecule has 0 unspecified atom stereocenters. The van der Waals surface area contributed by atoms with Crippen LogP contribution < -0.4 is 11.0 Å². The van der Waals surface area contributed by atoms with Gasteiger partial charge >= 0.3 is 0 Å². The van der Waals surface area contributed by atoms with Gasteiger partial charge in [-0.1, -0.05) is 35.9 Å². The van der Waals surface area contributed by atoms with E-state index >= 15 is 0 Å². The molecule has 0 atom stereocenters. The Morgan fingerprint density at radius 1 is 1.00 bits per heavy atom. The van der Waals surface area contributed by atoms with E-state index < -0.39 is 5.91 Å². The van der Waals surface area contributed by atoms with Gasteiger partial charge in [-0.05, 0) is 37.3 Å². The van der Waals surface area contributed by atoms with Crippen LogP contribution in [-0.4, -0.2) is 20.6 Å². The first-order valence-corrected chi connectivity index (χ1v) is 8.44. The molecule has 0 fully saturated rings. The van der Waals surface area contributed by atoms with Crippen LogP contribution in [0.3, 0.4) is 0 Å². The normalized spacial score (nSPS) is 10.7. The highest BCUT2D eigenvalue weighted by Crippen LogP contribution is 2.19. The molecule has 6 nitrogen and oxygen atoms in total. The van der Waals surface area contributed by atoms with Gasteiger partial charge in [0.15, 0.2) is 5.82 Å². The number of aryl methyl sites for hydroxylation is 1. The summed E-state index contributed by atoms with van der Waals surface area (Å²) in [5.41, 5.74) is 5.10. The van der Waals surface area contributed by atoms with Crippen LogP contribution in [0.25, 0.3) is 22.3 Å². The second-order valence-corrected chi connectivity index (χ2v) is 6.14. The average Bonchev–Trinajstić information content (AvgIpc) is 2.70. The summed E-state index contributed by atoms with van der Waals surface area (Å²) in [6, 6.07) is 17.9. The third-order valence-corrected chi connectivity index (χ3v) is 4.21. The van der Waals surface area contributed by atoms with Gasteiger partial charge in [0, 0.05) is 23.5 Å². The number of aromatic nitrogens is 3. The molecule has 0 aliphatic carbocycles. The zero-order valence-corrected chi connectivity index (χ0v) is 14.6. The minimum atomic E-state index is -0.412. The number of rotatable bonds is 3. The lowest BCUT2D eigenvalue weighted by atomic mass is 10.1. The highest BCUT2D eigenvalue weighted by Gasteiger charge is 2.15. The largest absolute Gasteiger partial charge is 0.280 e. The molecule has 0 saturated carbocycles. The Labute approximate surface area is 155 Å². The van der Waals surface area contributed by atoms with Crippen molar-refractivity contribution in [3.8, 4) is 11.4 Å². The maximum atomic E-state index is 13.1. The van der Waals surface area contributed by atoms with E-state index in [2.05, 4.69) is 15.4 Å². The summed E-state index contributed by atoms with van der Waals surface area (Å²) in [6.07, 6.45) is 3.05. The fourth-order valence-corrected chi connectivity index (χ4v) is 2.88. The van der Waals surface area contributed by atoms with Crippen LogP contribution in [0.2, 0.25) is 0 Å². The molecule has 0 bridgehead atoms. The van der Waals surface area contributed by atoms with E-state index in [1.54, 1.807) is 30.3 Å². The molecule has 2 aromatic heterocycles. The lowest BCUT2D eigenvalue weighted by Gasteiger charge is -2.15. The van der Waals surface area contributed by atoms with Crippen molar-refractivity contribution in [2.24, 2.45) is 0 Å². The maximum absolute atomic E-state index is 13.1. The topological polar surface area (TPSA) is 76.9 Å². The molecule has 4 rings (SSSR count). The zero-order valence-electron chi connectivity index (χ0n) is 14.6. The summed E-state index contributed by atoms with van der Waals surface area (Å²) in [5, 5.41) is 0.434. The first kappa shape index (κ1) is 16.7. The summed E-state index contributed by atoms with van der Waals surface area (Å²) in [5.74, 6) is -0.0321. The minimum Gasteiger partial charge on any atom is -0.267 e. The monoisotopic (exact) mass is 356 g/mol. The van der Waals surface area contributed by atoms with E-state index in [4.69, 9.17) is 0 Å². The number of pyridine rings is 1. The van der Waals surface area contributed by atoms with E-state index in [1.165, 1.54) is 17.1 Å². The molecule has 132 valence electrons. The third-order valence-electron chi connectivity index (χ3n) is 4.21. The quantitative estimate of drug-likeness (QED) is 0.612. The van der Waals surface area contributed by atoms with Gasteiger partial charge in [-0.3, -0.25) is 20.0 Å². The Morgan fingerprint density at radius 2 is 1.78 bits per heavy atom. The minimum absolute atomic E-state index is 0.334. The zero-order chi connectivity index (χ0) is 18.8. The van der Waals surface area contributed by atoms with Crippen LogP contribution >= 0.6 is 0 Å². The number of carbonyl (C=O) groups is 1. The molecule has 1 N–H and O–H groups in total. The van der Waals surface area contributed by atoms with Crippen LogP contribution in [0.1, 0.15) is 15.9 Å². The van der Waals surface area contributed by atoms with Crippen molar-refractivity contribution in [1.29, 1.82) is 0 Å². The van der Waals surface area contributed by atoms with Gasteiger partial charge in [0.1, 0.15) is 0 Å². The van der Waals surface area contributed by atoms with E-state index in [-0.39, 0.29) is 5.56 Å². The second-order valence-electron chi connectivity index (χ2n) is 6.14. The van der Waals surface area contributed by atoms with E-state index in [1.807, 2.05) is 37.3 Å². The van der Waals surface area contributed by atoms with Crippen molar-refractivity contribution in [2.45, 2.75) is 6.92 Å². The molecular weight excluding hydrogens is 340 g/mol. The van der Waals surface area contributed by atoms with Crippen molar-refractivity contribution in [3.63, 3.8) is 0 Å². The standard InChI is InChI=1S/C21H16N4O2/c1-14-5-4-6-16(13-14)19-23-18-8-3-2-7-17(18)21(27)25(19)24-20(26)15-9-11-22-12-10-15/h2-13H,1H3,(H,24,26). The predicted molar refractivity (Wildman–Crippen MR) is 104 cm³/mol. The number of nitrogens with zero attached hydrogens (tertiary/aromatic N) is 3. The van der Waals surface area contributed by atoms with Crippen molar-refractivity contribution >= 4 is 16.8 Å². The number of hydrogen-bond donors (Lipinski definition) is 1. The SMILES string of the molecule is Cc1cccc(-c2nc3ccccc3c(=O)n2NC(=O)c2ccncc2)c1. The highest BCUT2D eigenvalue weighted by atomic mass is 16.2. The van der Waals surface area contributed by atoms with Gasteiger partial charge in [-0.15, -0.1) is 0 Å². The summed E-state index contributed by atoms with van der Waals surface area (Å²) < 4.78 is 1.21. The molecule has 27 heavy (non-hydrogen) atoms. The molecule has 2 heterocycles. The highest BCUT2D eigenvalue weighted by molar-refractivity contribution is 6.00. The smallest absolute Gasteiger partial charge is 0.267 e. The number of benzene rings is 2. The van der Waals surface area contributed by atoms with Crippen molar-refractivity contribution in [1.82, 2.24) is 14.6 Å². The summed E-state index contributed by atoms with van der Waals surface area (Å²) in [7, 11) is 0. The van der Waals surface area contributed by atoms with Gasteiger partial charge in [0.05, 0.1) is 10.9 Å². The van der Waals surface area contributed by atoms with E-state index in [0.717, 1.165) is 11.1 Å². The average molecular weight is 356 g/mol. The molecule has 0 spiro atoms. The Bertz CT molecular complexity index is 1200. The van der Waals surface area contributed by atoms with Crippen LogP contribution in [0.15, 0.2) is 77.9 Å². The third kappa shape index (κ3) is 3.20. The molecule has 4 aromatic rings. The first-order valence-electron chi connectivity index (χ1n) is 8.44. The van der Waals surface area contributed by atoms with Crippen molar-refractivity contribution in [2.75, 3.05) is 5.43 Å². The van der Waals surface area contributed by atoms with Crippen LogP contribution in [0.5, 0.6) is 0 Å². The number of fused-ring (bicyclic) bond motifs is 1. The van der Waals surface area contributed by atoms with Crippen LogP contribution in [0, 0.1) is 6.92 Å². The number of amides is 1. The fraction of sp³-hybridized carbons (Fsp3) is 0.0476.